The molecule has 0 atom stereocenters. The molecule has 0 bridgehead atoms. The number of anilines is 1. The van der Waals surface area contributed by atoms with E-state index in [9.17, 15) is 22.8 Å². The average Bonchev–Trinajstić information content (AvgIpc) is 2.94. The minimum atomic E-state index is -4.48. The van der Waals surface area contributed by atoms with Crippen molar-refractivity contribution in [2.75, 3.05) is 11.4 Å². The first kappa shape index (κ1) is 20.3. The van der Waals surface area contributed by atoms with Crippen LogP contribution in [-0.4, -0.2) is 26.1 Å². The summed E-state index contributed by atoms with van der Waals surface area (Å²) in [6, 6.07) is 5.33. The molecule has 0 amide bonds. The maximum atomic E-state index is 13.4. The summed E-state index contributed by atoms with van der Waals surface area (Å²) in [6.45, 7) is 0.535. The zero-order valence-electron chi connectivity index (χ0n) is 15.8. The number of rotatable bonds is 3. The Bertz CT molecular complexity index is 1230. The van der Waals surface area contributed by atoms with Gasteiger partial charge in [-0.1, -0.05) is 29.8 Å². The highest BCUT2D eigenvalue weighted by molar-refractivity contribution is 6.33. The normalized spacial score (nSPS) is 14.1. The summed E-state index contributed by atoms with van der Waals surface area (Å²) in [6.07, 6.45) is -2.66. The van der Waals surface area contributed by atoms with Gasteiger partial charge in [-0.3, -0.25) is 19.0 Å². The summed E-state index contributed by atoms with van der Waals surface area (Å²) in [5.41, 5.74) is 0.0706. The molecule has 1 aromatic carbocycles. The van der Waals surface area contributed by atoms with Crippen LogP contribution >= 0.6 is 11.6 Å². The van der Waals surface area contributed by atoms with Crippen LogP contribution in [0.4, 0.5) is 18.9 Å². The van der Waals surface area contributed by atoms with Crippen LogP contribution in [-0.2, 0) is 32.7 Å². The summed E-state index contributed by atoms with van der Waals surface area (Å²) >= 11 is 6.08. The van der Waals surface area contributed by atoms with Crippen molar-refractivity contribution in [2.24, 2.45) is 7.05 Å². The summed E-state index contributed by atoms with van der Waals surface area (Å²) < 4.78 is 43.0. The zero-order valence-corrected chi connectivity index (χ0v) is 16.6. The Balaban J connectivity index is 1.72. The number of fused-ring (bicyclic) bond motifs is 1. The number of nitrogens with one attached hydrogen (secondary N) is 1. The van der Waals surface area contributed by atoms with Gasteiger partial charge in [-0.05, 0) is 11.6 Å². The standard InChI is InChI=1S/C19H17ClF3N5O2/c1-26-18(30)12-10-27(15-8-24-25-17(29)16(15)20)7-6-14(12)28(26)9-11-4-2-3-5-13(11)19(21,22)23/h2-5,8H,6-7,9-10H2,1H3,(H,25,29). The van der Waals surface area contributed by atoms with Crippen LogP contribution in [0, 0.1) is 0 Å². The molecule has 30 heavy (non-hydrogen) atoms. The lowest BCUT2D eigenvalue weighted by Crippen LogP contribution is -2.34. The SMILES string of the molecule is Cn1c(=O)c2c(n1Cc1ccccc1C(F)(F)F)CCN(c1cn[nH]c(=O)c1Cl)C2. The molecule has 2 aromatic heterocycles. The van der Waals surface area contributed by atoms with Crippen LogP contribution in [0.15, 0.2) is 40.1 Å². The van der Waals surface area contributed by atoms with E-state index < -0.39 is 17.3 Å². The molecule has 7 nitrogen and oxygen atoms in total. The van der Waals surface area contributed by atoms with Gasteiger partial charge in [-0.2, -0.15) is 18.3 Å². The van der Waals surface area contributed by atoms with Crippen molar-refractivity contribution in [3.8, 4) is 0 Å². The Morgan fingerprint density at radius 3 is 2.70 bits per heavy atom. The molecule has 4 rings (SSSR count). The second-order valence-electron chi connectivity index (χ2n) is 7.04. The van der Waals surface area contributed by atoms with Crippen molar-refractivity contribution in [3.05, 3.63) is 78.6 Å². The zero-order chi connectivity index (χ0) is 21.6. The van der Waals surface area contributed by atoms with E-state index in [1.807, 2.05) is 0 Å². The fourth-order valence-corrected chi connectivity index (χ4v) is 4.02. The molecule has 0 unspecified atom stereocenters. The minimum absolute atomic E-state index is 0.0242. The fourth-order valence-electron chi connectivity index (χ4n) is 3.81. The monoisotopic (exact) mass is 439 g/mol. The Hall–Kier alpha value is -3.01. The van der Waals surface area contributed by atoms with E-state index in [2.05, 4.69) is 10.2 Å². The van der Waals surface area contributed by atoms with Crippen LogP contribution < -0.4 is 16.0 Å². The topological polar surface area (TPSA) is 75.9 Å². The highest BCUT2D eigenvalue weighted by Crippen LogP contribution is 2.33. The van der Waals surface area contributed by atoms with Gasteiger partial charge in [0.05, 0.1) is 36.1 Å². The lowest BCUT2D eigenvalue weighted by Gasteiger charge is -2.29. The van der Waals surface area contributed by atoms with E-state index >= 15 is 0 Å². The number of nitrogens with zero attached hydrogens (tertiary/aromatic N) is 4. The number of aromatic nitrogens is 4. The molecule has 1 aliphatic rings. The summed E-state index contributed by atoms with van der Waals surface area (Å²) in [4.78, 5) is 26.3. The van der Waals surface area contributed by atoms with E-state index in [1.54, 1.807) is 15.6 Å². The molecule has 0 saturated carbocycles. The lowest BCUT2D eigenvalue weighted by atomic mass is 10.1. The Labute approximate surface area is 173 Å². The van der Waals surface area contributed by atoms with E-state index in [1.165, 1.54) is 30.1 Å². The van der Waals surface area contributed by atoms with E-state index in [0.717, 1.165) is 6.07 Å². The molecule has 0 spiro atoms. The lowest BCUT2D eigenvalue weighted by molar-refractivity contribution is -0.138. The first-order valence-electron chi connectivity index (χ1n) is 9.09. The third kappa shape index (κ3) is 3.41. The summed E-state index contributed by atoms with van der Waals surface area (Å²) in [5, 5.41) is 5.97. The summed E-state index contributed by atoms with van der Waals surface area (Å²) in [7, 11) is 1.53. The van der Waals surface area contributed by atoms with E-state index in [-0.39, 0.29) is 29.2 Å². The smallest absolute Gasteiger partial charge is 0.364 e. The second kappa shape index (κ2) is 7.35. The Kier molecular flexibility index (Phi) is 4.97. The van der Waals surface area contributed by atoms with E-state index in [0.29, 0.717) is 29.9 Å². The van der Waals surface area contributed by atoms with Gasteiger partial charge in [-0.25, -0.2) is 5.10 Å². The molecule has 3 heterocycles. The predicted molar refractivity (Wildman–Crippen MR) is 105 cm³/mol. The number of aromatic amines is 1. The van der Waals surface area contributed by atoms with Gasteiger partial charge in [0.1, 0.15) is 5.02 Å². The first-order valence-corrected chi connectivity index (χ1v) is 9.47. The maximum absolute atomic E-state index is 13.4. The van der Waals surface area contributed by atoms with Crippen LogP contribution in [0.3, 0.4) is 0 Å². The minimum Gasteiger partial charge on any atom is -0.364 e. The number of alkyl halides is 3. The second-order valence-corrected chi connectivity index (χ2v) is 7.41. The van der Waals surface area contributed by atoms with Crippen molar-refractivity contribution in [3.63, 3.8) is 0 Å². The molecule has 11 heteroatoms. The third-order valence-electron chi connectivity index (χ3n) is 5.30. The van der Waals surface area contributed by atoms with Crippen LogP contribution in [0.1, 0.15) is 22.4 Å². The molecule has 1 aliphatic heterocycles. The largest absolute Gasteiger partial charge is 0.416 e. The van der Waals surface area contributed by atoms with Gasteiger partial charge >= 0.3 is 6.18 Å². The molecule has 158 valence electrons. The van der Waals surface area contributed by atoms with Crippen molar-refractivity contribution in [2.45, 2.75) is 25.7 Å². The molecular formula is C19H17ClF3N5O2. The Morgan fingerprint density at radius 1 is 1.23 bits per heavy atom. The molecule has 0 saturated heterocycles. The number of benzene rings is 1. The van der Waals surface area contributed by atoms with Crippen molar-refractivity contribution < 1.29 is 13.2 Å². The van der Waals surface area contributed by atoms with Crippen LogP contribution in [0.2, 0.25) is 5.02 Å². The molecule has 0 radical (unpaired) electrons. The van der Waals surface area contributed by atoms with Gasteiger partial charge in [0, 0.05) is 25.7 Å². The molecule has 3 aromatic rings. The summed E-state index contributed by atoms with van der Waals surface area (Å²) in [5.74, 6) is 0. The Morgan fingerprint density at radius 2 is 1.97 bits per heavy atom. The van der Waals surface area contributed by atoms with Gasteiger partial charge in [0.2, 0.25) is 0 Å². The number of hydrogen-bond donors (Lipinski definition) is 1. The van der Waals surface area contributed by atoms with Crippen LogP contribution in [0.25, 0.3) is 0 Å². The highest BCUT2D eigenvalue weighted by Gasteiger charge is 2.34. The molecule has 0 fully saturated rings. The first-order chi connectivity index (χ1) is 14.2. The predicted octanol–water partition coefficient (Wildman–Crippen LogP) is 2.55. The fraction of sp³-hybridized carbons (Fsp3) is 0.316. The highest BCUT2D eigenvalue weighted by atomic mass is 35.5. The van der Waals surface area contributed by atoms with Gasteiger partial charge in [0.25, 0.3) is 11.1 Å². The van der Waals surface area contributed by atoms with Crippen molar-refractivity contribution in [1.29, 1.82) is 0 Å². The average molecular weight is 440 g/mol. The molecule has 0 aliphatic carbocycles. The van der Waals surface area contributed by atoms with Crippen molar-refractivity contribution >= 4 is 17.3 Å². The number of H-pyrrole nitrogens is 1. The van der Waals surface area contributed by atoms with Gasteiger partial charge in [-0.15, -0.1) is 0 Å². The molecular weight excluding hydrogens is 423 g/mol. The van der Waals surface area contributed by atoms with Gasteiger partial charge in [0.15, 0.2) is 0 Å². The van der Waals surface area contributed by atoms with Crippen LogP contribution in [0.5, 0.6) is 0 Å². The van der Waals surface area contributed by atoms with E-state index in [4.69, 9.17) is 11.6 Å². The number of halogens is 4. The maximum Gasteiger partial charge on any atom is 0.416 e. The van der Waals surface area contributed by atoms with Crippen molar-refractivity contribution in [1.82, 2.24) is 19.6 Å². The quantitative estimate of drug-likeness (QED) is 0.680. The van der Waals surface area contributed by atoms with Gasteiger partial charge < -0.3 is 4.90 Å². The third-order valence-corrected chi connectivity index (χ3v) is 5.67. The molecule has 1 N–H and O–H groups in total. The number of hydrogen-bond acceptors (Lipinski definition) is 4.